The maximum atomic E-state index is 9.93. The first-order chi connectivity index (χ1) is 7.57. The van der Waals surface area contributed by atoms with Gasteiger partial charge < -0.3 is 25.7 Å². The molecule has 0 aromatic heterocycles. The number of piperidine rings is 1. The molecule has 1 heterocycles. The van der Waals surface area contributed by atoms with Gasteiger partial charge in [0.1, 0.15) is 12.2 Å². The quantitative estimate of drug-likeness (QED) is 0.430. The Kier molecular flexibility index (Phi) is 7.55. The number of unbranched alkanes of at least 4 members (excludes halogenated alkanes) is 2. The average Bonchev–Trinajstić information content (AvgIpc) is 2.30. The molecular formula is C11H24ClNO4. The van der Waals surface area contributed by atoms with Crippen molar-refractivity contribution in [1.29, 1.82) is 0 Å². The molecule has 0 unspecified atom stereocenters. The minimum atomic E-state index is -1.19. The first kappa shape index (κ1) is 17.1. The van der Waals surface area contributed by atoms with Crippen molar-refractivity contribution in [1.82, 2.24) is 5.32 Å². The summed E-state index contributed by atoms with van der Waals surface area (Å²) in [5, 5.41) is 41.3. The maximum Gasteiger partial charge on any atom is 0.109 e. The standard InChI is InChI=1S/C11H23NO4.ClH/c1-2-3-4-5-11(7-13)10(16)9(15)8(14)6-12-11;/h8-10,12-16H,2-7H2,1H3;1H/t8-,9+,10-,11+;/m0./s1. The van der Waals surface area contributed by atoms with E-state index in [0.717, 1.165) is 19.3 Å². The minimum Gasteiger partial charge on any atom is -0.394 e. The molecule has 0 aliphatic carbocycles. The molecule has 1 saturated heterocycles. The molecule has 1 fully saturated rings. The van der Waals surface area contributed by atoms with E-state index >= 15 is 0 Å². The van der Waals surface area contributed by atoms with E-state index in [9.17, 15) is 20.4 Å². The van der Waals surface area contributed by atoms with Crippen molar-refractivity contribution in [3.63, 3.8) is 0 Å². The van der Waals surface area contributed by atoms with E-state index < -0.39 is 23.9 Å². The molecule has 6 heteroatoms. The molecule has 17 heavy (non-hydrogen) atoms. The highest BCUT2D eigenvalue weighted by molar-refractivity contribution is 5.85. The van der Waals surface area contributed by atoms with Crippen molar-refractivity contribution in [3.05, 3.63) is 0 Å². The Hall–Kier alpha value is 0.0900. The Balaban J connectivity index is 0.00000256. The summed E-state index contributed by atoms with van der Waals surface area (Å²) in [6.07, 6.45) is 0.276. The normalized spacial score (nSPS) is 37.6. The lowest BCUT2D eigenvalue weighted by molar-refractivity contribution is -0.135. The third-order valence-corrected chi connectivity index (χ3v) is 3.46. The highest BCUT2D eigenvalue weighted by Gasteiger charge is 2.46. The summed E-state index contributed by atoms with van der Waals surface area (Å²) in [5.41, 5.74) is -0.867. The second-order valence-electron chi connectivity index (χ2n) is 4.66. The van der Waals surface area contributed by atoms with E-state index in [1.54, 1.807) is 0 Å². The molecule has 1 aliphatic heterocycles. The Morgan fingerprint density at radius 3 is 2.41 bits per heavy atom. The van der Waals surface area contributed by atoms with Crippen LogP contribution in [-0.4, -0.2) is 57.4 Å². The van der Waals surface area contributed by atoms with Gasteiger partial charge in [-0.1, -0.05) is 26.2 Å². The number of β-amino-alcohol motifs (C(OH)–C–C–N with tert-alkyl or cyclic N) is 1. The fourth-order valence-electron chi connectivity index (χ4n) is 2.23. The highest BCUT2D eigenvalue weighted by Crippen LogP contribution is 2.26. The van der Waals surface area contributed by atoms with Crippen molar-refractivity contribution < 1.29 is 20.4 Å². The van der Waals surface area contributed by atoms with Gasteiger partial charge in [-0.15, -0.1) is 12.4 Å². The van der Waals surface area contributed by atoms with Crippen LogP contribution >= 0.6 is 12.4 Å². The third kappa shape index (κ3) is 3.77. The van der Waals surface area contributed by atoms with Crippen LogP contribution in [0.3, 0.4) is 0 Å². The van der Waals surface area contributed by atoms with Gasteiger partial charge in [0, 0.05) is 6.54 Å². The summed E-state index contributed by atoms with van der Waals surface area (Å²) < 4.78 is 0. The number of rotatable bonds is 5. The van der Waals surface area contributed by atoms with Gasteiger partial charge in [-0.05, 0) is 6.42 Å². The van der Waals surface area contributed by atoms with E-state index in [4.69, 9.17) is 0 Å². The van der Waals surface area contributed by atoms with Crippen molar-refractivity contribution >= 4 is 12.4 Å². The summed E-state index contributed by atoms with van der Waals surface area (Å²) in [6.45, 7) is 2.04. The fourth-order valence-corrected chi connectivity index (χ4v) is 2.23. The van der Waals surface area contributed by atoms with Gasteiger partial charge in [-0.25, -0.2) is 0 Å². The fraction of sp³-hybridized carbons (Fsp3) is 1.00. The monoisotopic (exact) mass is 269 g/mol. The molecule has 4 atom stereocenters. The smallest absolute Gasteiger partial charge is 0.109 e. The van der Waals surface area contributed by atoms with E-state index in [2.05, 4.69) is 12.2 Å². The summed E-state index contributed by atoms with van der Waals surface area (Å²) in [6, 6.07) is 0. The van der Waals surface area contributed by atoms with Crippen LogP contribution in [0, 0.1) is 0 Å². The number of halogens is 1. The Labute approximate surface area is 108 Å². The van der Waals surface area contributed by atoms with Gasteiger partial charge in [0.25, 0.3) is 0 Å². The van der Waals surface area contributed by atoms with Crippen molar-refractivity contribution in [3.8, 4) is 0 Å². The predicted molar refractivity (Wildman–Crippen MR) is 67.2 cm³/mol. The first-order valence-electron chi connectivity index (χ1n) is 5.97. The van der Waals surface area contributed by atoms with Gasteiger partial charge in [0.15, 0.2) is 0 Å². The minimum absolute atomic E-state index is 0. The van der Waals surface area contributed by atoms with E-state index in [1.165, 1.54) is 0 Å². The SMILES string of the molecule is CCCCC[C@]1(CO)NC[C@H](O)[C@@H](O)[C@@H]1O.Cl. The molecule has 5 nitrogen and oxygen atoms in total. The molecule has 104 valence electrons. The van der Waals surface area contributed by atoms with Crippen LogP contribution in [0.25, 0.3) is 0 Å². The molecule has 0 radical (unpaired) electrons. The van der Waals surface area contributed by atoms with Gasteiger partial charge in [0.2, 0.25) is 0 Å². The lowest BCUT2D eigenvalue weighted by Crippen LogP contribution is -2.69. The van der Waals surface area contributed by atoms with Crippen LogP contribution in [0.4, 0.5) is 0 Å². The van der Waals surface area contributed by atoms with Gasteiger partial charge in [-0.3, -0.25) is 0 Å². The zero-order chi connectivity index (χ0) is 12.2. The highest BCUT2D eigenvalue weighted by atomic mass is 35.5. The van der Waals surface area contributed by atoms with E-state index in [1.807, 2.05) is 0 Å². The lowest BCUT2D eigenvalue weighted by atomic mass is 9.80. The van der Waals surface area contributed by atoms with Gasteiger partial charge in [0.05, 0.1) is 18.2 Å². The van der Waals surface area contributed by atoms with E-state index in [0.29, 0.717) is 6.42 Å². The van der Waals surface area contributed by atoms with Crippen LogP contribution in [0.2, 0.25) is 0 Å². The van der Waals surface area contributed by atoms with Crippen LogP contribution < -0.4 is 5.32 Å². The molecule has 0 amide bonds. The molecule has 1 aliphatic rings. The number of aliphatic hydroxyl groups is 4. The van der Waals surface area contributed by atoms with Crippen LogP contribution in [0.15, 0.2) is 0 Å². The number of nitrogens with one attached hydrogen (secondary N) is 1. The second-order valence-corrected chi connectivity index (χ2v) is 4.66. The molecule has 0 saturated carbocycles. The first-order valence-corrected chi connectivity index (χ1v) is 5.97. The maximum absolute atomic E-state index is 9.93. The molecule has 5 N–H and O–H groups in total. The van der Waals surface area contributed by atoms with E-state index in [-0.39, 0.29) is 25.6 Å². The topological polar surface area (TPSA) is 93.0 Å². The van der Waals surface area contributed by atoms with Crippen molar-refractivity contribution in [2.75, 3.05) is 13.2 Å². The lowest BCUT2D eigenvalue weighted by Gasteiger charge is -2.45. The Bertz CT molecular complexity index is 220. The van der Waals surface area contributed by atoms with Crippen LogP contribution in [0.5, 0.6) is 0 Å². The second kappa shape index (κ2) is 7.51. The number of aliphatic hydroxyl groups excluding tert-OH is 4. The summed E-state index contributed by atoms with van der Waals surface area (Å²) in [4.78, 5) is 0. The Morgan fingerprint density at radius 2 is 1.88 bits per heavy atom. The summed E-state index contributed by atoms with van der Waals surface area (Å²) in [7, 11) is 0. The number of hydrogen-bond acceptors (Lipinski definition) is 5. The molecule has 0 spiro atoms. The molecule has 1 rings (SSSR count). The zero-order valence-corrected chi connectivity index (χ0v) is 11.0. The van der Waals surface area contributed by atoms with Gasteiger partial charge >= 0.3 is 0 Å². The molecule has 0 aromatic rings. The predicted octanol–water partition coefficient (Wildman–Crippen LogP) is -0.594. The molecule has 0 aromatic carbocycles. The van der Waals surface area contributed by atoms with Crippen molar-refractivity contribution in [2.45, 2.75) is 56.5 Å². The summed E-state index contributed by atoms with van der Waals surface area (Å²) >= 11 is 0. The Morgan fingerprint density at radius 1 is 1.24 bits per heavy atom. The van der Waals surface area contributed by atoms with Crippen LogP contribution in [0.1, 0.15) is 32.6 Å². The van der Waals surface area contributed by atoms with Crippen LogP contribution in [-0.2, 0) is 0 Å². The zero-order valence-electron chi connectivity index (χ0n) is 10.2. The van der Waals surface area contributed by atoms with Gasteiger partial charge in [-0.2, -0.15) is 0 Å². The number of hydrogen-bond donors (Lipinski definition) is 5. The largest absolute Gasteiger partial charge is 0.394 e. The molecular weight excluding hydrogens is 246 g/mol. The summed E-state index contributed by atoms with van der Waals surface area (Å²) in [5.74, 6) is 0. The van der Waals surface area contributed by atoms with Crippen molar-refractivity contribution in [2.24, 2.45) is 0 Å². The third-order valence-electron chi connectivity index (χ3n) is 3.46. The molecule has 0 bridgehead atoms. The average molecular weight is 270 g/mol.